The van der Waals surface area contributed by atoms with Gasteiger partial charge >= 0.3 is 6.18 Å². The number of ether oxygens (including phenoxy) is 1. The van der Waals surface area contributed by atoms with E-state index in [1.165, 1.54) is 24.3 Å². The zero-order valence-corrected chi connectivity index (χ0v) is 19.9. The Morgan fingerprint density at radius 3 is 2.26 bits per heavy atom. The van der Waals surface area contributed by atoms with Gasteiger partial charge in [0, 0.05) is 5.56 Å². The Bertz CT molecular complexity index is 1500. The molecule has 2 amide bonds. The SMILES string of the molecule is COc1ccc(C(=O)[C@@H]2[C@@H]3C(=O)N(c4ccccc4C(F)(F)F)C(=O)[C@@H]3C3c4ccccc4C=NN32)cc1. The Morgan fingerprint density at radius 1 is 0.895 bits per heavy atom. The van der Waals surface area contributed by atoms with Crippen LogP contribution in [0.3, 0.4) is 0 Å². The van der Waals surface area contributed by atoms with Crippen LogP contribution in [0.15, 0.2) is 77.9 Å². The largest absolute Gasteiger partial charge is 0.497 e. The van der Waals surface area contributed by atoms with E-state index in [0.717, 1.165) is 12.1 Å². The summed E-state index contributed by atoms with van der Waals surface area (Å²) in [7, 11) is 1.49. The van der Waals surface area contributed by atoms with Gasteiger partial charge in [-0.3, -0.25) is 19.4 Å². The molecule has 0 bridgehead atoms. The van der Waals surface area contributed by atoms with Crippen molar-refractivity contribution in [1.29, 1.82) is 0 Å². The number of anilines is 1. The zero-order chi connectivity index (χ0) is 26.8. The van der Waals surface area contributed by atoms with E-state index in [4.69, 9.17) is 4.74 Å². The molecule has 4 atom stereocenters. The number of nitrogens with zero attached hydrogens (tertiary/aromatic N) is 3. The van der Waals surface area contributed by atoms with Gasteiger partial charge in [-0.15, -0.1) is 0 Å². The number of imide groups is 1. The predicted molar refractivity (Wildman–Crippen MR) is 131 cm³/mol. The van der Waals surface area contributed by atoms with Crippen molar-refractivity contribution >= 4 is 29.5 Å². The molecule has 0 spiro atoms. The van der Waals surface area contributed by atoms with Crippen molar-refractivity contribution < 1.29 is 32.3 Å². The first kappa shape index (κ1) is 23.9. The normalized spacial score (nSPS) is 23.8. The Labute approximate surface area is 215 Å². The van der Waals surface area contributed by atoms with E-state index in [1.54, 1.807) is 54.7 Å². The number of fused-ring (bicyclic) bond motifs is 5. The molecular formula is C28H20F3N3O4. The number of methoxy groups -OCH3 is 1. The highest BCUT2D eigenvalue weighted by Gasteiger charge is 2.65. The molecular weight excluding hydrogens is 499 g/mol. The van der Waals surface area contributed by atoms with E-state index < -0.39 is 58.9 Å². The molecule has 6 rings (SSSR count). The fourth-order valence-electron chi connectivity index (χ4n) is 5.74. The Kier molecular flexibility index (Phi) is 5.37. The van der Waals surface area contributed by atoms with Crippen LogP contribution in [0.25, 0.3) is 0 Å². The number of alkyl halides is 3. The monoisotopic (exact) mass is 519 g/mol. The molecule has 0 N–H and O–H groups in total. The molecule has 192 valence electrons. The summed E-state index contributed by atoms with van der Waals surface area (Å²) >= 11 is 0. The molecule has 3 aliphatic rings. The van der Waals surface area contributed by atoms with Crippen molar-refractivity contribution in [2.75, 3.05) is 12.0 Å². The van der Waals surface area contributed by atoms with Crippen molar-refractivity contribution in [2.45, 2.75) is 18.3 Å². The van der Waals surface area contributed by atoms with Crippen LogP contribution >= 0.6 is 0 Å². The van der Waals surface area contributed by atoms with E-state index in [1.807, 2.05) is 0 Å². The molecule has 2 fully saturated rings. The highest BCUT2D eigenvalue weighted by molar-refractivity contribution is 6.25. The smallest absolute Gasteiger partial charge is 0.418 e. The average Bonchev–Trinajstić information content (AvgIpc) is 3.40. The summed E-state index contributed by atoms with van der Waals surface area (Å²) in [6, 6.07) is 15.9. The number of Topliss-reactive ketones (excluding diaryl/α,β-unsaturated/α-hetero) is 1. The second kappa shape index (κ2) is 8.54. The number of hydrogen-bond donors (Lipinski definition) is 0. The zero-order valence-electron chi connectivity index (χ0n) is 19.9. The quantitative estimate of drug-likeness (QED) is 0.375. The van der Waals surface area contributed by atoms with Crippen molar-refractivity contribution in [2.24, 2.45) is 16.9 Å². The number of para-hydroxylation sites is 1. The van der Waals surface area contributed by atoms with Gasteiger partial charge in [-0.2, -0.15) is 18.3 Å². The first-order chi connectivity index (χ1) is 18.2. The van der Waals surface area contributed by atoms with E-state index in [2.05, 4.69) is 5.10 Å². The Morgan fingerprint density at radius 2 is 1.55 bits per heavy atom. The minimum Gasteiger partial charge on any atom is -0.497 e. The van der Waals surface area contributed by atoms with Gasteiger partial charge in [0.1, 0.15) is 11.8 Å². The number of rotatable bonds is 4. The molecule has 38 heavy (non-hydrogen) atoms. The lowest BCUT2D eigenvalue weighted by atomic mass is 9.83. The van der Waals surface area contributed by atoms with Gasteiger partial charge in [0.15, 0.2) is 5.78 Å². The average molecular weight is 519 g/mol. The van der Waals surface area contributed by atoms with Crippen LogP contribution in [-0.4, -0.2) is 42.0 Å². The second-order valence-corrected chi connectivity index (χ2v) is 9.31. The fourth-order valence-corrected chi connectivity index (χ4v) is 5.74. The number of ketones is 1. The minimum atomic E-state index is -4.79. The summed E-state index contributed by atoms with van der Waals surface area (Å²) in [5.41, 5.74) is 0.00513. The summed E-state index contributed by atoms with van der Waals surface area (Å²) in [5.74, 6) is -3.92. The fraction of sp³-hybridized carbons (Fsp3) is 0.214. The van der Waals surface area contributed by atoms with Gasteiger partial charge in [-0.05, 0) is 47.5 Å². The van der Waals surface area contributed by atoms with Crippen molar-refractivity contribution in [3.05, 3.63) is 95.1 Å². The summed E-state index contributed by atoms with van der Waals surface area (Å²) in [6.07, 6.45) is -3.23. The number of halogens is 3. The molecule has 3 heterocycles. The number of hydrogen-bond acceptors (Lipinski definition) is 6. The van der Waals surface area contributed by atoms with Crippen LogP contribution in [0.4, 0.5) is 18.9 Å². The molecule has 0 aliphatic carbocycles. The first-order valence-corrected chi connectivity index (χ1v) is 11.9. The van der Waals surface area contributed by atoms with Gasteiger partial charge in [0.05, 0.1) is 42.5 Å². The second-order valence-electron chi connectivity index (χ2n) is 9.31. The molecule has 3 aliphatic heterocycles. The van der Waals surface area contributed by atoms with Crippen LogP contribution in [0.1, 0.15) is 33.1 Å². The lowest BCUT2D eigenvalue weighted by molar-refractivity contribution is -0.137. The predicted octanol–water partition coefficient (Wildman–Crippen LogP) is 4.48. The van der Waals surface area contributed by atoms with Gasteiger partial charge in [0.2, 0.25) is 11.8 Å². The third kappa shape index (κ3) is 3.43. The minimum absolute atomic E-state index is 0.263. The van der Waals surface area contributed by atoms with Crippen LogP contribution in [0.5, 0.6) is 5.75 Å². The first-order valence-electron chi connectivity index (χ1n) is 11.9. The summed E-state index contributed by atoms with van der Waals surface area (Å²) in [5, 5.41) is 5.93. The van der Waals surface area contributed by atoms with Gasteiger partial charge in [-0.1, -0.05) is 36.4 Å². The number of hydrazone groups is 1. The van der Waals surface area contributed by atoms with Crippen molar-refractivity contribution in [1.82, 2.24) is 5.01 Å². The van der Waals surface area contributed by atoms with E-state index in [9.17, 15) is 27.6 Å². The molecule has 0 saturated carbocycles. The maximum atomic E-state index is 13.9. The highest BCUT2D eigenvalue weighted by atomic mass is 19.4. The molecule has 3 aromatic rings. The molecule has 3 aromatic carbocycles. The van der Waals surface area contributed by atoms with Crippen molar-refractivity contribution in [3.63, 3.8) is 0 Å². The van der Waals surface area contributed by atoms with Crippen molar-refractivity contribution in [3.8, 4) is 5.75 Å². The van der Waals surface area contributed by atoms with Crippen LogP contribution < -0.4 is 9.64 Å². The van der Waals surface area contributed by atoms with E-state index in [-0.39, 0.29) is 5.56 Å². The van der Waals surface area contributed by atoms with E-state index in [0.29, 0.717) is 21.8 Å². The van der Waals surface area contributed by atoms with Gasteiger partial charge < -0.3 is 4.74 Å². The third-order valence-electron chi connectivity index (χ3n) is 7.39. The summed E-state index contributed by atoms with van der Waals surface area (Å²) in [6.45, 7) is 0. The maximum Gasteiger partial charge on any atom is 0.418 e. The number of benzene rings is 3. The Hall–Kier alpha value is -4.47. The van der Waals surface area contributed by atoms with Crippen LogP contribution in [0, 0.1) is 11.8 Å². The lowest BCUT2D eigenvalue weighted by Crippen LogP contribution is -2.45. The topological polar surface area (TPSA) is 79.3 Å². The molecule has 7 nitrogen and oxygen atoms in total. The molecule has 0 radical (unpaired) electrons. The van der Waals surface area contributed by atoms with Crippen LogP contribution in [0.2, 0.25) is 0 Å². The third-order valence-corrected chi connectivity index (χ3v) is 7.39. The summed E-state index contributed by atoms with van der Waals surface area (Å²) < 4.78 is 46.7. The number of carbonyl (C=O) groups excluding carboxylic acids is 3. The standard InChI is InChI=1S/C28H20F3N3O4/c1-38-17-12-10-15(11-13-17)25(35)24-22-21(23-18-7-3-2-6-16(18)14-32-34(23)24)26(36)33(27(22)37)20-9-5-4-8-19(20)28(29,30)31/h2-14,21-24H,1H3/t21-,22+,23?,24-/m0/s1. The maximum absolute atomic E-state index is 13.9. The summed E-state index contributed by atoms with van der Waals surface area (Å²) in [4.78, 5) is 42.2. The number of carbonyl (C=O) groups is 3. The lowest BCUT2D eigenvalue weighted by Gasteiger charge is -2.34. The number of amides is 2. The van der Waals surface area contributed by atoms with Gasteiger partial charge in [0.25, 0.3) is 0 Å². The molecule has 2 saturated heterocycles. The Balaban J connectivity index is 1.50. The highest BCUT2D eigenvalue weighted by Crippen LogP contribution is 2.54. The van der Waals surface area contributed by atoms with Gasteiger partial charge in [-0.25, -0.2) is 4.90 Å². The molecule has 1 unspecified atom stereocenters. The molecule has 0 aromatic heterocycles. The molecule has 10 heteroatoms. The van der Waals surface area contributed by atoms with E-state index >= 15 is 0 Å². The van der Waals surface area contributed by atoms with Crippen LogP contribution in [-0.2, 0) is 15.8 Å².